The highest BCUT2D eigenvalue weighted by Crippen LogP contribution is 2.30. The SMILES string of the molecule is O=C(O)[C@H]1CC=CC[C@H]1C(=O)Nc1cc([N+](=O)[O-])ccc1Cl. The van der Waals surface area contributed by atoms with Crippen molar-refractivity contribution >= 4 is 34.9 Å². The Bertz CT molecular complexity index is 659. The lowest BCUT2D eigenvalue weighted by atomic mass is 9.82. The van der Waals surface area contributed by atoms with Crippen molar-refractivity contribution in [3.05, 3.63) is 45.5 Å². The zero-order valence-corrected chi connectivity index (χ0v) is 12.1. The summed E-state index contributed by atoms with van der Waals surface area (Å²) in [7, 11) is 0. The molecule has 1 aliphatic rings. The lowest BCUT2D eigenvalue weighted by Gasteiger charge is -2.24. The number of allylic oxidation sites excluding steroid dienone is 2. The molecule has 0 spiro atoms. The maximum atomic E-state index is 12.3. The molecule has 0 saturated carbocycles. The smallest absolute Gasteiger partial charge is 0.307 e. The van der Waals surface area contributed by atoms with E-state index in [1.165, 1.54) is 12.1 Å². The maximum absolute atomic E-state index is 12.3. The first-order chi connectivity index (χ1) is 10.4. The third kappa shape index (κ3) is 3.43. The lowest BCUT2D eigenvalue weighted by molar-refractivity contribution is -0.384. The largest absolute Gasteiger partial charge is 0.481 e. The van der Waals surface area contributed by atoms with Gasteiger partial charge in [0.15, 0.2) is 0 Å². The fourth-order valence-corrected chi connectivity index (χ4v) is 2.49. The molecule has 1 aromatic rings. The minimum absolute atomic E-state index is 0.0968. The van der Waals surface area contributed by atoms with E-state index in [9.17, 15) is 19.7 Å². The van der Waals surface area contributed by atoms with Crippen LogP contribution in [0.25, 0.3) is 0 Å². The predicted octanol–water partition coefficient (Wildman–Crippen LogP) is 2.85. The van der Waals surface area contributed by atoms with Crippen LogP contribution in [0.1, 0.15) is 12.8 Å². The molecule has 2 atom stereocenters. The number of nitrogens with zero attached hydrogens (tertiary/aromatic N) is 1. The van der Waals surface area contributed by atoms with Gasteiger partial charge in [0, 0.05) is 12.1 Å². The van der Waals surface area contributed by atoms with Crippen LogP contribution in [-0.2, 0) is 9.59 Å². The van der Waals surface area contributed by atoms with Gasteiger partial charge in [-0.2, -0.15) is 0 Å². The van der Waals surface area contributed by atoms with Gasteiger partial charge in [-0.3, -0.25) is 19.7 Å². The number of rotatable bonds is 4. The molecular formula is C14H13ClN2O5. The Morgan fingerprint density at radius 2 is 1.91 bits per heavy atom. The fourth-order valence-electron chi connectivity index (χ4n) is 2.32. The van der Waals surface area contributed by atoms with Crippen LogP contribution in [0, 0.1) is 22.0 Å². The quantitative estimate of drug-likeness (QED) is 0.502. The summed E-state index contributed by atoms with van der Waals surface area (Å²) >= 11 is 5.92. The van der Waals surface area contributed by atoms with Crippen molar-refractivity contribution in [2.24, 2.45) is 11.8 Å². The predicted molar refractivity (Wildman–Crippen MR) is 79.7 cm³/mol. The molecule has 0 radical (unpaired) electrons. The molecular weight excluding hydrogens is 312 g/mol. The van der Waals surface area contributed by atoms with E-state index >= 15 is 0 Å². The average molecular weight is 325 g/mol. The number of carbonyl (C=O) groups is 2. The molecule has 0 fully saturated rings. The Morgan fingerprint density at radius 1 is 1.27 bits per heavy atom. The standard InChI is InChI=1S/C14H13ClN2O5/c15-11-6-5-8(17(21)22)7-12(11)16-13(18)9-3-1-2-4-10(9)14(19)20/h1-2,5-7,9-10H,3-4H2,(H,16,18)(H,19,20)/t9-,10+/m1/s1. The summed E-state index contributed by atoms with van der Waals surface area (Å²) in [4.78, 5) is 33.6. The highest BCUT2D eigenvalue weighted by atomic mass is 35.5. The van der Waals surface area contributed by atoms with Gasteiger partial charge in [-0.15, -0.1) is 0 Å². The molecule has 116 valence electrons. The third-order valence-electron chi connectivity index (χ3n) is 3.51. The Morgan fingerprint density at radius 3 is 2.50 bits per heavy atom. The van der Waals surface area contributed by atoms with Gasteiger partial charge in [0.25, 0.3) is 5.69 Å². The summed E-state index contributed by atoms with van der Waals surface area (Å²) in [6.07, 6.45) is 4.05. The molecule has 0 aromatic heterocycles. The third-order valence-corrected chi connectivity index (χ3v) is 3.83. The number of aliphatic carboxylic acids is 1. The van der Waals surface area contributed by atoms with Crippen LogP contribution in [0.3, 0.4) is 0 Å². The Balaban J connectivity index is 2.21. The van der Waals surface area contributed by atoms with Gasteiger partial charge in [-0.25, -0.2) is 0 Å². The lowest BCUT2D eigenvalue weighted by Crippen LogP contribution is -2.34. The topological polar surface area (TPSA) is 110 Å². The van der Waals surface area contributed by atoms with E-state index in [1.54, 1.807) is 12.2 Å². The minimum Gasteiger partial charge on any atom is -0.481 e. The molecule has 0 aliphatic heterocycles. The monoisotopic (exact) mass is 324 g/mol. The van der Waals surface area contributed by atoms with Crippen LogP contribution in [0.2, 0.25) is 5.02 Å². The molecule has 8 heteroatoms. The molecule has 1 aliphatic carbocycles. The number of nitrogens with one attached hydrogen (secondary N) is 1. The van der Waals surface area contributed by atoms with Crippen LogP contribution in [0.15, 0.2) is 30.4 Å². The minimum atomic E-state index is -1.05. The van der Waals surface area contributed by atoms with Crippen LogP contribution in [-0.4, -0.2) is 21.9 Å². The van der Waals surface area contributed by atoms with Gasteiger partial charge in [0.2, 0.25) is 5.91 Å². The van der Waals surface area contributed by atoms with Gasteiger partial charge < -0.3 is 10.4 Å². The second-order valence-electron chi connectivity index (χ2n) is 4.90. The number of carboxylic acid groups (broad SMARTS) is 1. The first kappa shape index (κ1) is 16.0. The van der Waals surface area contributed by atoms with Crippen LogP contribution >= 0.6 is 11.6 Å². The molecule has 1 amide bonds. The molecule has 2 N–H and O–H groups in total. The van der Waals surface area contributed by atoms with Gasteiger partial charge in [0.1, 0.15) is 0 Å². The van der Waals surface area contributed by atoms with Crippen LogP contribution in [0.4, 0.5) is 11.4 Å². The fraction of sp³-hybridized carbons (Fsp3) is 0.286. The second-order valence-corrected chi connectivity index (χ2v) is 5.31. The zero-order chi connectivity index (χ0) is 16.3. The summed E-state index contributed by atoms with van der Waals surface area (Å²) in [5.41, 5.74) is -0.113. The van der Waals surface area contributed by atoms with Crippen molar-refractivity contribution < 1.29 is 19.6 Å². The number of non-ortho nitro benzene ring substituents is 1. The van der Waals surface area contributed by atoms with Gasteiger partial charge in [-0.1, -0.05) is 23.8 Å². The summed E-state index contributed by atoms with van der Waals surface area (Å²) in [6.45, 7) is 0. The van der Waals surface area contributed by atoms with Crippen molar-refractivity contribution in [1.29, 1.82) is 0 Å². The van der Waals surface area contributed by atoms with E-state index in [0.29, 0.717) is 6.42 Å². The number of anilines is 1. The van der Waals surface area contributed by atoms with Crippen LogP contribution < -0.4 is 5.32 Å². The normalized spacial score (nSPS) is 20.4. The zero-order valence-electron chi connectivity index (χ0n) is 11.4. The highest BCUT2D eigenvalue weighted by molar-refractivity contribution is 6.33. The van der Waals surface area contributed by atoms with Crippen molar-refractivity contribution in [3.8, 4) is 0 Å². The summed E-state index contributed by atoms with van der Waals surface area (Å²) in [5, 5.41) is 22.6. The first-order valence-corrected chi connectivity index (χ1v) is 6.90. The second kappa shape index (κ2) is 6.57. The van der Waals surface area contributed by atoms with Crippen molar-refractivity contribution in [3.63, 3.8) is 0 Å². The summed E-state index contributed by atoms with van der Waals surface area (Å²) < 4.78 is 0. The van der Waals surface area contributed by atoms with Gasteiger partial charge in [-0.05, 0) is 18.9 Å². The molecule has 1 aromatic carbocycles. The number of hydrogen-bond acceptors (Lipinski definition) is 4. The van der Waals surface area contributed by atoms with Crippen molar-refractivity contribution in [2.75, 3.05) is 5.32 Å². The average Bonchev–Trinajstić information content (AvgIpc) is 2.49. The van der Waals surface area contributed by atoms with Crippen LogP contribution in [0.5, 0.6) is 0 Å². The molecule has 0 unspecified atom stereocenters. The molecule has 0 heterocycles. The number of nitro benzene ring substituents is 1. The van der Waals surface area contributed by atoms with Gasteiger partial charge >= 0.3 is 5.97 Å². The number of halogens is 1. The Labute approximate surface area is 130 Å². The van der Waals surface area contributed by atoms with Crippen molar-refractivity contribution in [2.45, 2.75) is 12.8 Å². The number of benzene rings is 1. The van der Waals surface area contributed by atoms with E-state index in [-0.39, 0.29) is 22.8 Å². The Kier molecular flexibility index (Phi) is 4.77. The van der Waals surface area contributed by atoms with E-state index in [0.717, 1.165) is 6.07 Å². The molecule has 7 nitrogen and oxygen atoms in total. The number of amides is 1. The summed E-state index contributed by atoms with van der Waals surface area (Å²) in [6, 6.07) is 3.68. The van der Waals surface area contributed by atoms with Gasteiger partial charge in [0.05, 0.1) is 27.5 Å². The highest BCUT2D eigenvalue weighted by Gasteiger charge is 2.34. The number of nitro groups is 1. The van der Waals surface area contributed by atoms with E-state index in [1.807, 2.05) is 0 Å². The first-order valence-electron chi connectivity index (χ1n) is 6.52. The number of carbonyl (C=O) groups excluding carboxylic acids is 1. The van der Waals surface area contributed by atoms with Crippen molar-refractivity contribution in [1.82, 2.24) is 0 Å². The summed E-state index contributed by atoms with van der Waals surface area (Å²) in [5.74, 6) is -3.12. The molecule has 2 rings (SSSR count). The molecule has 0 saturated heterocycles. The Hall–Kier alpha value is -2.41. The number of hydrogen-bond donors (Lipinski definition) is 2. The van der Waals surface area contributed by atoms with E-state index in [2.05, 4.69) is 5.32 Å². The molecule has 22 heavy (non-hydrogen) atoms. The van der Waals surface area contributed by atoms with E-state index in [4.69, 9.17) is 16.7 Å². The maximum Gasteiger partial charge on any atom is 0.307 e. The number of carboxylic acids is 1. The van der Waals surface area contributed by atoms with E-state index < -0.39 is 28.6 Å². The molecule has 0 bridgehead atoms.